The molecule has 1 unspecified atom stereocenters. The Morgan fingerprint density at radius 1 is 1.16 bits per heavy atom. The second-order valence-corrected chi connectivity index (χ2v) is 6.56. The van der Waals surface area contributed by atoms with Crippen molar-refractivity contribution < 1.29 is 9.53 Å². The molecule has 0 saturated carbocycles. The molecule has 0 radical (unpaired) electrons. The van der Waals surface area contributed by atoms with Crippen LogP contribution in [-0.4, -0.2) is 32.1 Å². The molecule has 4 nitrogen and oxygen atoms in total. The Balaban J connectivity index is 1.47. The van der Waals surface area contributed by atoms with E-state index in [0.29, 0.717) is 18.5 Å². The van der Waals surface area contributed by atoms with E-state index < -0.39 is 0 Å². The summed E-state index contributed by atoms with van der Waals surface area (Å²) in [5.74, 6) is 1.47. The zero-order chi connectivity index (χ0) is 17.5. The summed E-state index contributed by atoms with van der Waals surface area (Å²) >= 11 is 0. The van der Waals surface area contributed by atoms with Gasteiger partial charge in [-0.1, -0.05) is 30.3 Å². The summed E-state index contributed by atoms with van der Waals surface area (Å²) in [6.45, 7) is 1.72. The molecule has 2 aromatic rings. The smallest absolute Gasteiger partial charge is 0.251 e. The Kier molecular flexibility index (Phi) is 6.07. The van der Waals surface area contributed by atoms with Gasteiger partial charge in [0.1, 0.15) is 5.75 Å². The number of carbonyl (C=O) groups excluding carboxylic acids is 1. The topological polar surface area (TPSA) is 50.4 Å². The molecule has 0 aliphatic carbocycles. The van der Waals surface area contributed by atoms with Crippen molar-refractivity contribution in [3.63, 3.8) is 0 Å². The molecule has 0 spiro atoms. The lowest BCUT2D eigenvalue weighted by molar-refractivity contribution is 0.0951. The minimum Gasteiger partial charge on any atom is -0.497 e. The number of carbonyl (C=O) groups is 1. The van der Waals surface area contributed by atoms with E-state index in [0.717, 1.165) is 37.1 Å². The largest absolute Gasteiger partial charge is 0.497 e. The van der Waals surface area contributed by atoms with Crippen molar-refractivity contribution in [3.8, 4) is 5.75 Å². The van der Waals surface area contributed by atoms with Gasteiger partial charge in [-0.2, -0.15) is 0 Å². The third kappa shape index (κ3) is 4.83. The summed E-state index contributed by atoms with van der Waals surface area (Å²) in [6.07, 6.45) is 3.21. The molecule has 3 rings (SSSR count). The standard InChI is InChI=1S/C21H26N2O2/c1-25-20-9-7-16(8-10-20)18-11-13-22-19(15-18)12-14-23-21(24)17-5-3-2-4-6-17/h2-10,18-19,22H,11-15H2,1H3,(H,23,24)/t18?,19-/m1/s1. The number of amides is 1. The lowest BCUT2D eigenvalue weighted by Crippen LogP contribution is -2.40. The van der Waals surface area contributed by atoms with Gasteiger partial charge in [-0.3, -0.25) is 4.79 Å². The lowest BCUT2D eigenvalue weighted by atomic mass is 9.85. The average molecular weight is 338 g/mol. The molecule has 2 aromatic carbocycles. The average Bonchev–Trinajstić information content (AvgIpc) is 2.69. The third-order valence-corrected chi connectivity index (χ3v) is 4.90. The molecule has 2 atom stereocenters. The molecule has 1 saturated heterocycles. The molecule has 1 aliphatic rings. The van der Waals surface area contributed by atoms with E-state index in [4.69, 9.17) is 4.74 Å². The fourth-order valence-electron chi connectivity index (χ4n) is 3.46. The Labute approximate surface area is 149 Å². The van der Waals surface area contributed by atoms with E-state index in [9.17, 15) is 4.79 Å². The molecular formula is C21H26N2O2. The number of hydrogen-bond donors (Lipinski definition) is 2. The summed E-state index contributed by atoms with van der Waals surface area (Å²) in [6, 6.07) is 18.2. The first-order chi connectivity index (χ1) is 12.3. The SMILES string of the molecule is COc1ccc(C2CCN[C@H](CCNC(=O)c3ccccc3)C2)cc1. The van der Waals surface area contributed by atoms with Crippen LogP contribution in [0, 0.1) is 0 Å². The first-order valence-corrected chi connectivity index (χ1v) is 8.97. The molecule has 4 heteroatoms. The lowest BCUT2D eigenvalue weighted by Gasteiger charge is -2.31. The molecular weight excluding hydrogens is 312 g/mol. The molecule has 2 N–H and O–H groups in total. The molecule has 0 aromatic heterocycles. The van der Waals surface area contributed by atoms with E-state index in [2.05, 4.69) is 22.8 Å². The van der Waals surface area contributed by atoms with E-state index in [1.807, 2.05) is 42.5 Å². The van der Waals surface area contributed by atoms with Gasteiger partial charge in [-0.25, -0.2) is 0 Å². The van der Waals surface area contributed by atoms with Crippen LogP contribution >= 0.6 is 0 Å². The molecule has 0 bridgehead atoms. The summed E-state index contributed by atoms with van der Waals surface area (Å²) < 4.78 is 5.24. The summed E-state index contributed by atoms with van der Waals surface area (Å²) in [7, 11) is 1.69. The highest BCUT2D eigenvalue weighted by atomic mass is 16.5. The fourth-order valence-corrected chi connectivity index (χ4v) is 3.46. The van der Waals surface area contributed by atoms with Crippen LogP contribution in [0.15, 0.2) is 54.6 Å². The van der Waals surface area contributed by atoms with Crippen molar-refractivity contribution in [2.24, 2.45) is 0 Å². The zero-order valence-corrected chi connectivity index (χ0v) is 14.7. The van der Waals surface area contributed by atoms with Crippen LogP contribution in [0.25, 0.3) is 0 Å². The van der Waals surface area contributed by atoms with Crippen LogP contribution in [0.2, 0.25) is 0 Å². The van der Waals surface area contributed by atoms with E-state index >= 15 is 0 Å². The van der Waals surface area contributed by atoms with Gasteiger partial charge < -0.3 is 15.4 Å². The van der Waals surface area contributed by atoms with Gasteiger partial charge >= 0.3 is 0 Å². The minimum absolute atomic E-state index is 0.00288. The monoisotopic (exact) mass is 338 g/mol. The molecule has 1 fully saturated rings. The first-order valence-electron chi connectivity index (χ1n) is 8.97. The Morgan fingerprint density at radius 3 is 2.64 bits per heavy atom. The normalized spacial score (nSPS) is 20.0. The number of rotatable bonds is 6. The first kappa shape index (κ1) is 17.5. The Morgan fingerprint density at radius 2 is 1.92 bits per heavy atom. The van der Waals surface area contributed by atoms with E-state index in [1.54, 1.807) is 7.11 Å². The van der Waals surface area contributed by atoms with Crippen LogP contribution < -0.4 is 15.4 Å². The van der Waals surface area contributed by atoms with Gasteiger partial charge in [0.25, 0.3) is 5.91 Å². The van der Waals surface area contributed by atoms with Crippen LogP contribution in [0.3, 0.4) is 0 Å². The van der Waals surface area contributed by atoms with Gasteiger partial charge in [0.05, 0.1) is 7.11 Å². The Bertz CT molecular complexity index is 670. The van der Waals surface area contributed by atoms with Crippen LogP contribution in [0.5, 0.6) is 5.75 Å². The van der Waals surface area contributed by atoms with Crippen LogP contribution in [0.4, 0.5) is 0 Å². The van der Waals surface area contributed by atoms with Crippen molar-refractivity contribution in [2.75, 3.05) is 20.2 Å². The van der Waals surface area contributed by atoms with Crippen molar-refractivity contribution in [3.05, 3.63) is 65.7 Å². The fraction of sp³-hybridized carbons (Fsp3) is 0.381. The predicted molar refractivity (Wildman–Crippen MR) is 100 cm³/mol. The number of nitrogens with one attached hydrogen (secondary N) is 2. The quantitative estimate of drug-likeness (QED) is 0.849. The highest BCUT2D eigenvalue weighted by molar-refractivity contribution is 5.94. The zero-order valence-electron chi connectivity index (χ0n) is 14.7. The summed E-state index contributed by atoms with van der Waals surface area (Å²) in [5.41, 5.74) is 2.09. The Hall–Kier alpha value is -2.33. The van der Waals surface area contributed by atoms with Gasteiger partial charge in [0, 0.05) is 18.2 Å². The maximum absolute atomic E-state index is 12.1. The maximum atomic E-state index is 12.1. The highest BCUT2D eigenvalue weighted by Gasteiger charge is 2.22. The van der Waals surface area contributed by atoms with Crippen molar-refractivity contribution in [1.82, 2.24) is 10.6 Å². The number of piperidine rings is 1. The van der Waals surface area contributed by atoms with Crippen LogP contribution in [-0.2, 0) is 0 Å². The number of benzene rings is 2. The maximum Gasteiger partial charge on any atom is 0.251 e. The molecule has 1 aliphatic heterocycles. The number of ether oxygens (including phenoxy) is 1. The second-order valence-electron chi connectivity index (χ2n) is 6.56. The van der Waals surface area contributed by atoms with Gasteiger partial charge in [0.2, 0.25) is 0 Å². The third-order valence-electron chi connectivity index (χ3n) is 4.90. The number of methoxy groups -OCH3 is 1. The number of hydrogen-bond acceptors (Lipinski definition) is 3. The van der Waals surface area contributed by atoms with E-state index in [-0.39, 0.29) is 5.91 Å². The molecule has 1 amide bonds. The minimum atomic E-state index is 0.00288. The summed E-state index contributed by atoms with van der Waals surface area (Å²) in [4.78, 5) is 12.1. The predicted octanol–water partition coefficient (Wildman–Crippen LogP) is 3.35. The second kappa shape index (κ2) is 8.67. The van der Waals surface area contributed by atoms with Crippen molar-refractivity contribution in [1.29, 1.82) is 0 Å². The van der Waals surface area contributed by atoms with Crippen molar-refractivity contribution >= 4 is 5.91 Å². The summed E-state index contributed by atoms with van der Waals surface area (Å²) in [5, 5.41) is 6.60. The highest BCUT2D eigenvalue weighted by Crippen LogP contribution is 2.29. The van der Waals surface area contributed by atoms with Crippen LogP contribution in [0.1, 0.15) is 41.1 Å². The van der Waals surface area contributed by atoms with E-state index in [1.165, 1.54) is 5.56 Å². The van der Waals surface area contributed by atoms with Gasteiger partial charge in [-0.05, 0) is 61.6 Å². The van der Waals surface area contributed by atoms with Gasteiger partial charge in [0.15, 0.2) is 0 Å². The van der Waals surface area contributed by atoms with Gasteiger partial charge in [-0.15, -0.1) is 0 Å². The molecule has 132 valence electrons. The van der Waals surface area contributed by atoms with Crippen molar-refractivity contribution in [2.45, 2.75) is 31.2 Å². The molecule has 25 heavy (non-hydrogen) atoms. The molecule has 1 heterocycles.